The van der Waals surface area contributed by atoms with Crippen LogP contribution in [0.5, 0.6) is 5.75 Å². The summed E-state index contributed by atoms with van der Waals surface area (Å²) in [4.78, 5) is 0. The van der Waals surface area contributed by atoms with E-state index in [1.165, 1.54) is 31.2 Å². The molecule has 2 aliphatic carbocycles. The fourth-order valence-corrected chi connectivity index (χ4v) is 4.48. The Balaban J connectivity index is 1.57. The van der Waals surface area contributed by atoms with Gasteiger partial charge in [-0.2, -0.15) is 0 Å². The molecule has 2 aliphatic rings. The van der Waals surface area contributed by atoms with Crippen molar-refractivity contribution in [2.24, 2.45) is 23.5 Å². The second kappa shape index (κ2) is 6.07. The third-order valence-corrected chi connectivity index (χ3v) is 5.51. The number of rotatable bonds is 5. The topological polar surface area (TPSA) is 35.2 Å². The van der Waals surface area contributed by atoms with E-state index in [2.05, 4.69) is 34.1 Å². The van der Waals surface area contributed by atoms with E-state index in [4.69, 9.17) is 10.5 Å². The Bertz CT molecular complexity index is 474. The van der Waals surface area contributed by atoms with Crippen molar-refractivity contribution in [3.63, 3.8) is 0 Å². The van der Waals surface area contributed by atoms with Gasteiger partial charge in [0, 0.05) is 6.04 Å². The zero-order chi connectivity index (χ0) is 14.1. The molecular formula is C17H24BrNO. The summed E-state index contributed by atoms with van der Waals surface area (Å²) < 4.78 is 7.11. The molecule has 0 radical (unpaired) electrons. The lowest BCUT2D eigenvalue weighted by Crippen LogP contribution is -2.19. The van der Waals surface area contributed by atoms with Gasteiger partial charge in [0.2, 0.25) is 0 Å². The van der Waals surface area contributed by atoms with Crippen LogP contribution < -0.4 is 10.5 Å². The van der Waals surface area contributed by atoms with Crippen LogP contribution in [0.15, 0.2) is 22.7 Å². The van der Waals surface area contributed by atoms with Crippen molar-refractivity contribution >= 4 is 15.9 Å². The van der Waals surface area contributed by atoms with Crippen molar-refractivity contribution in [1.29, 1.82) is 0 Å². The number of nitrogens with two attached hydrogens (primary N) is 1. The van der Waals surface area contributed by atoms with Crippen molar-refractivity contribution < 1.29 is 4.74 Å². The Morgan fingerprint density at radius 1 is 1.35 bits per heavy atom. The van der Waals surface area contributed by atoms with Gasteiger partial charge in [-0.3, -0.25) is 0 Å². The third kappa shape index (κ3) is 3.20. The van der Waals surface area contributed by atoms with Crippen LogP contribution in [0.2, 0.25) is 0 Å². The highest BCUT2D eigenvalue weighted by atomic mass is 79.9. The molecule has 2 N–H and O–H groups in total. The van der Waals surface area contributed by atoms with E-state index >= 15 is 0 Å². The average Bonchev–Trinajstić information content (AvgIpc) is 2.99. The maximum absolute atomic E-state index is 6.06. The molecule has 2 fully saturated rings. The molecule has 0 heterocycles. The molecule has 110 valence electrons. The summed E-state index contributed by atoms with van der Waals surface area (Å²) in [7, 11) is 0. The van der Waals surface area contributed by atoms with E-state index in [9.17, 15) is 0 Å². The molecule has 0 saturated heterocycles. The van der Waals surface area contributed by atoms with Crippen molar-refractivity contribution in [2.45, 2.75) is 45.1 Å². The Hall–Kier alpha value is -0.540. The summed E-state index contributed by atoms with van der Waals surface area (Å²) >= 11 is 3.62. The first-order valence-electron chi connectivity index (χ1n) is 7.78. The molecule has 3 rings (SSSR count). The number of halogens is 1. The second-order valence-electron chi connectivity index (χ2n) is 6.69. The Morgan fingerprint density at radius 2 is 2.20 bits per heavy atom. The second-order valence-corrected chi connectivity index (χ2v) is 7.55. The van der Waals surface area contributed by atoms with Crippen LogP contribution in [-0.4, -0.2) is 12.6 Å². The summed E-state index contributed by atoms with van der Waals surface area (Å²) in [6.45, 7) is 2.92. The van der Waals surface area contributed by atoms with Crippen molar-refractivity contribution in [3.05, 3.63) is 28.2 Å². The molecule has 0 spiro atoms. The first-order valence-corrected chi connectivity index (χ1v) is 8.58. The monoisotopic (exact) mass is 337 g/mol. The van der Waals surface area contributed by atoms with Crippen LogP contribution in [0, 0.1) is 17.8 Å². The molecule has 3 heteroatoms. The van der Waals surface area contributed by atoms with Gasteiger partial charge in [-0.25, -0.2) is 0 Å². The molecule has 4 atom stereocenters. The van der Waals surface area contributed by atoms with E-state index < -0.39 is 0 Å². The lowest BCUT2D eigenvalue weighted by Gasteiger charge is -2.22. The van der Waals surface area contributed by atoms with Crippen molar-refractivity contribution in [2.75, 3.05) is 6.61 Å². The highest BCUT2D eigenvalue weighted by Gasteiger charge is 2.39. The van der Waals surface area contributed by atoms with Crippen LogP contribution in [0.4, 0.5) is 0 Å². The maximum atomic E-state index is 6.06. The fraction of sp³-hybridized carbons (Fsp3) is 0.647. The minimum atomic E-state index is 0.197. The Morgan fingerprint density at radius 3 is 2.80 bits per heavy atom. The smallest absolute Gasteiger partial charge is 0.133 e. The normalized spacial score (nSPS) is 29.6. The van der Waals surface area contributed by atoms with Gasteiger partial charge >= 0.3 is 0 Å². The summed E-state index contributed by atoms with van der Waals surface area (Å²) in [6.07, 6.45) is 6.61. The van der Waals surface area contributed by atoms with Gasteiger partial charge in [0.15, 0.2) is 0 Å². The van der Waals surface area contributed by atoms with E-state index in [1.54, 1.807) is 0 Å². The van der Waals surface area contributed by atoms with E-state index in [-0.39, 0.29) is 6.04 Å². The molecule has 0 amide bonds. The van der Waals surface area contributed by atoms with E-state index in [0.717, 1.165) is 41.0 Å². The SMILES string of the molecule is CC(N)Cc1ccc(OCC2CC3CCC2C3)c(Br)c1. The standard InChI is InChI=1S/C17H24BrNO/c1-11(19)6-12-3-5-17(16(18)9-12)20-10-15-8-13-2-4-14(15)7-13/h3,5,9,11,13-15H,2,4,6-8,10,19H2,1H3. The number of benzene rings is 1. The van der Waals surface area contributed by atoms with Gasteiger partial charge in [0.05, 0.1) is 11.1 Å². The van der Waals surface area contributed by atoms with Gasteiger partial charge in [-0.15, -0.1) is 0 Å². The summed E-state index contributed by atoms with van der Waals surface area (Å²) in [6, 6.07) is 6.54. The van der Waals surface area contributed by atoms with Crippen molar-refractivity contribution in [3.8, 4) is 5.75 Å². The predicted molar refractivity (Wildman–Crippen MR) is 85.9 cm³/mol. The van der Waals surface area contributed by atoms with Crippen LogP contribution in [0.1, 0.15) is 38.2 Å². The van der Waals surface area contributed by atoms with Crippen LogP contribution in [0.25, 0.3) is 0 Å². The zero-order valence-corrected chi connectivity index (χ0v) is 13.7. The first-order chi connectivity index (χ1) is 9.61. The van der Waals surface area contributed by atoms with Gasteiger partial charge in [-0.1, -0.05) is 12.5 Å². The number of ether oxygens (including phenoxy) is 1. The molecule has 2 bridgehead atoms. The molecule has 0 aromatic heterocycles. The molecular weight excluding hydrogens is 314 g/mol. The number of fused-ring (bicyclic) bond motifs is 2. The molecule has 2 nitrogen and oxygen atoms in total. The summed E-state index contributed by atoms with van der Waals surface area (Å²) in [5.74, 6) is 3.67. The largest absolute Gasteiger partial charge is 0.492 e. The third-order valence-electron chi connectivity index (χ3n) is 4.89. The minimum Gasteiger partial charge on any atom is -0.492 e. The molecule has 2 saturated carbocycles. The molecule has 20 heavy (non-hydrogen) atoms. The van der Waals surface area contributed by atoms with Crippen LogP contribution in [-0.2, 0) is 6.42 Å². The van der Waals surface area contributed by atoms with Crippen molar-refractivity contribution in [1.82, 2.24) is 0 Å². The lowest BCUT2D eigenvalue weighted by atomic mass is 9.89. The molecule has 4 unspecified atom stereocenters. The molecule has 1 aromatic carbocycles. The Kier molecular flexibility index (Phi) is 4.37. The van der Waals surface area contributed by atoms with E-state index in [1.807, 2.05) is 6.92 Å². The van der Waals surface area contributed by atoms with Crippen LogP contribution >= 0.6 is 15.9 Å². The average molecular weight is 338 g/mol. The highest BCUT2D eigenvalue weighted by molar-refractivity contribution is 9.10. The molecule has 1 aromatic rings. The van der Waals surface area contributed by atoms with Gasteiger partial charge in [0.1, 0.15) is 5.75 Å². The first kappa shape index (κ1) is 14.4. The van der Waals surface area contributed by atoms with E-state index in [0.29, 0.717) is 0 Å². The zero-order valence-electron chi connectivity index (χ0n) is 12.1. The number of hydrogen-bond acceptors (Lipinski definition) is 2. The predicted octanol–water partition coefficient (Wildman–Crippen LogP) is 4.15. The Labute approximate surface area is 130 Å². The van der Waals surface area contributed by atoms with Gasteiger partial charge in [0.25, 0.3) is 0 Å². The van der Waals surface area contributed by atoms with Gasteiger partial charge in [-0.05, 0) is 84.0 Å². The summed E-state index contributed by atoms with van der Waals surface area (Å²) in [5.41, 5.74) is 7.11. The molecule has 0 aliphatic heterocycles. The quantitative estimate of drug-likeness (QED) is 0.875. The highest BCUT2D eigenvalue weighted by Crippen LogP contribution is 2.48. The maximum Gasteiger partial charge on any atom is 0.133 e. The minimum absolute atomic E-state index is 0.197. The van der Waals surface area contributed by atoms with Crippen LogP contribution in [0.3, 0.4) is 0 Å². The number of hydrogen-bond donors (Lipinski definition) is 1. The lowest BCUT2D eigenvalue weighted by molar-refractivity contribution is 0.194. The fourth-order valence-electron chi connectivity index (χ4n) is 3.94. The summed E-state index contributed by atoms with van der Waals surface area (Å²) in [5, 5.41) is 0. The van der Waals surface area contributed by atoms with Gasteiger partial charge < -0.3 is 10.5 Å².